The molecule has 0 bridgehead atoms. The Morgan fingerprint density at radius 3 is 2.62 bits per heavy atom. The molecule has 1 amide bonds. The van der Waals surface area contributed by atoms with E-state index in [1.54, 1.807) is 13.0 Å². The number of fused-ring (bicyclic) bond motifs is 1. The SMILES string of the molecule is CCOC(=O)c1ccc2c(c1)CCC(OCC(F)(F)F)N2C(C)=O. The summed E-state index contributed by atoms with van der Waals surface area (Å²) >= 11 is 0. The number of halogens is 3. The van der Waals surface area contributed by atoms with E-state index in [0.717, 1.165) is 0 Å². The molecular weight excluding hydrogens is 327 g/mol. The van der Waals surface area contributed by atoms with Crippen molar-refractivity contribution in [1.29, 1.82) is 0 Å². The first-order chi connectivity index (χ1) is 11.2. The Hall–Kier alpha value is -2.09. The number of hydrogen-bond acceptors (Lipinski definition) is 4. The molecule has 1 aliphatic heterocycles. The first-order valence-corrected chi connectivity index (χ1v) is 7.51. The zero-order chi connectivity index (χ0) is 17.9. The maximum absolute atomic E-state index is 12.4. The number of benzene rings is 1. The van der Waals surface area contributed by atoms with Crippen LogP contribution in [0.4, 0.5) is 18.9 Å². The van der Waals surface area contributed by atoms with E-state index >= 15 is 0 Å². The van der Waals surface area contributed by atoms with Gasteiger partial charge in [0.05, 0.1) is 12.2 Å². The third-order valence-corrected chi connectivity index (χ3v) is 3.58. The van der Waals surface area contributed by atoms with E-state index in [1.807, 2.05) is 0 Å². The first kappa shape index (κ1) is 18.3. The minimum Gasteiger partial charge on any atom is -0.462 e. The molecular formula is C16H18F3NO4. The molecule has 0 N–H and O–H groups in total. The summed E-state index contributed by atoms with van der Waals surface area (Å²) < 4.78 is 46.9. The van der Waals surface area contributed by atoms with Crippen LogP contribution in [-0.2, 0) is 20.7 Å². The van der Waals surface area contributed by atoms with Crippen LogP contribution in [0.15, 0.2) is 18.2 Å². The van der Waals surface area contributed by atoms with Crippen LogP contribution in [0.25, 0.3) is 0 Å². The van der Waals surface area contributed by atoms with Crippen LogP contribution in [0.5, 0.6) is 0 Å². The Labute approximate surface area is 137 Å². The van der Waals surface area contributed by atoms with Crippen molar-refractivity contribution >= 4 is 17.6 Å². The van der Waals surface area contributed by atoms with Crippen LogP contribution in [0.2, 0.25) is 0 Å². The van der Waals surface area contributed by atoms with Gasteiger partial charge in [-0.25, -0.2) is 4.79 Å². The monoisotopic (exact) mass is 345 g/mol. The van der Waals surface area contributed by atoms with E-state index in [4.69, 9.17) is 9.47 Å². The number of anilines is 1. The van der Waals surface area contributed by atoms with E-state index in [0.29, 0.717) is 23.2 Å². The number of carbonyl (C=O) groups excluding carboxylic acids is 2. The highest BCUT2D eigenvalue weighted by molar-refractivity contribution is 5.95. The van der Waals surface area contributed by atoms with Gasteiger partial charge >= 0.3 is 12.1 Å². The van der Waals surface area contributed by atoms with Gasteiger partial charge in [-0.1, -0.05) is 0 Å². The quantitative estimate of drug-likeness (QED) is 0.787. The van der Waals surface area contributed by atoms with Gasteiger partial charge in [-0.3, -0.25) is 9.69 Å². The molecule has 0 saturated carbocycles. The summed E-state index contributed by atoms with van der Waals surface area (Å²) in [7, 11) is 0. The second-order valence-electron chi connectivity index (χ2n) is 5.37. The lowest BCUT2D eigenvalue weighted by molar-refractivity contribution is -0.186. The Morgan fingerprint density at radius 1 is 1.33 bits per heavy atom. The number of carbonyl (C=O) groups is 2. The van der Waals surface area contributed by atoms with Crippen molar-refractivity contribution in [3.8, 4) is 0 Å². The average molecular weight is 345 g/mol. The van der Waals surface area contributed by atoms with Gasteiger partial charge in [0.25, 0.3) is 0 Å². The predicted octanol–water partition coefficient (Wildman–Crippen LogP) is 3.07. The molecule has 8 heteroatoms. The van der Waals surface area contributed by atoms with Crippen molar-refractivity contribution in [3.63, 3.8) is 0 Å². The first-order valence-electron chi connectivity index (χ1n) is 7.51. The van der Waals surface area contributed by atoms with Crippen molar-refractivity contribution < 1.29 is 32.2 Å². The van der Waals surface area contributed by atoms with E-state index in [9.17, 15) is 22.8 Å². The van der Waals surface area contributed by atoms with E-state index in [-0.39, 0.29) is 13.0 Å². The minimum absolute atomic E-state index is 0.217. The van der Waals surface area contributed by atoms with E-state index in [1.165, 1.54) is 24.0 Å². The number of esters is 1. The van der Waals surface area contributed by atoms with Crippen LogP contribution in [0.1, 0.15) is 36.2 Å². The fraction of sp³-hybridized carbons (Fsp3) is 0.500. The van der Waals surface area contributed by atoms with Gasteiger partial charge in [-0.15, -0.1) is 0 Å². The lowest BCUT2D eigenvalue weighted by Crippen LogP contribution is -2.45. The largest absolute Gasteiger partial charge is 0.462 e. The molecule has 0 saturated heterocycles. The Balaban J connectivity index is 2.25. The van der Waals surface area contributed by atoms with Crippen LogP contribution in [0, 0.1) is 0 Å². The molecule has 1 aliphatic rings. The second-order valence-corrected chi connectivity index (χ2v) is 5.37. The van der Waals surface area contributed by atoms with Crippen LogP contribution >= 0.6 is 0 Å². The van der Waals surface area contributed by atoms with Gasteiger partial charge in [0.15, 0.2) is 0 Å². The molecule has 5 nitrogen and oxygen atoms in total. The third-order valence-electron chi connectivity index (χ3n) is 3.58. The molecule has 0 aromatic heterocycles. The standard InChI is InChI=1S/C16H18F3NO4/c1-3-23-15(22)12-4-6-13-11(8-12)5-7-14(20(13)10(2)21)24-9-16(17,18)19/h4,6,8,14H,3,5,7,9H2,1-2H3. The zero-order valence-electron chi connectivity index (χ0n) is 13.4. The van der Waals surface area contributed by atoms with Gasteiger partial charge in [0.2, 0.25) is 5.91 Å². The molecule has 24 heavy (non-hydrogen) atoms. The summed E-state index contributed by atoms with van der Waals surface area (Å²) in [6, 6.07) is 4.62. The average Bonchev–Trinajstić information content (AvgIpc) is 2.50. The number of alkyl halides is 3. The molecule has 0 spiro atoms. The van der Waals surface area contributed by atoms with Crippen molar-refractivity contribution in [2.45, 2.75) is 39.1 Å². The molecule has 1 heterocycles. The number of aryl methyl sites for hydroxylation is 1. The topological polar surface area (TPSA) is 55.8 Å². The van der Waals surface area contributed by atoms with Gasteiger partial charge in [0, 0.05) is 12.6 Å². The fourth-order valence-electron chi connectivity index (χ4n) is 2.65. The maximum Gasteiger partial charge on any atom is 0.411 e. The molecule has 0 radical (unpaired) electrons. The van der Waals surface area contributed by atoms with Crippen molar-refractivity contribution in [2.24, 2.45) is 0 Å². The zero-order valence-corrected chi connectivity index (χ0v) is 13.4. The lowest BCUT2D eigenvalue weighted by Gasteiger charge is -2.36. The number of rotatable bonds is 4. The number of hydrogen-bond donors (Lipinski definition) is 0. The Kier molecular flexibility index (Phi) is 5.48. The summed E-state index contributed by atoms with van der Waals surface area (Å²) in [5.41, 5.74) is 1.49. The van der Waals surface area contributed by atoms with Gasteiger partial charge in [-0.05, 0) is 43.5 Å². The second kappa shape index (κ2) is 7.21. The van der Waals surface area contributed by atoms with Crippen LogP contribution in [0.3, 0.4) is 0 Å². The van der Waals surface area contributed by atoms with Crippen molar-refractivity contribution in [1.82, 2.24) is 0 Å². The molecule has 2 rings (SSSR count). The van der Waals surface area contributed by atoms with Gasteiger partial charge in [-0.2, -0.15) is 13.2 Å². The van der Waals surface area contributed by atoms with E-state index < -0.39 is 30.9 Å². The smallest absolute Gasteiger partial charge is 0.411 e. The van der Waals surface area contributed by atoms with Crippen LogP contribution < -0.4 is 4.90 Å². The molecule has 132 valence electrons. The Bertz CT molecular complexity index is 630. The highest BCUT2D eigenvalue weighted by Gasteiger charge is 2.35. The summed E-state index contributed by atoms with van der Waals surface area (Å²) in [6.45, 7) is 1.77. The van der Waals surface area contributed by atoms with Gasteiger partial charge < -0.3 is 9.47 Å². The normalized spacial score (nSPS) is 17.4. The maximum atomic E-state index is 12.4. The predicted molar refractivity (Wildman–Crippen MR) is 79.7 cm³/mol. The van der Waals surface area contributed by atoms with Crippen molar-refractivity contribution in [2.75, 3.05) is 18.1 Å². The number of ether oxygens (including phenoxy) is 2. The Morgan fingerprint density at radius 2 is 2.04 bits per heavy atom. The van der Waals surface area contributed by atoms with Crippen molar-refractivity contribution in [3.05, 3.63) is 29.3 Å². The third kappa shape index (κ3) is 4.25. The van der Waals surface area contributed by atoms with Crippen LogP contribution in [-0.4, -0.2) is 37.5 Å². The molecule has 0 aliphatic carbocycles. The van der Waals surface area contributed by atoms with E-state index in [2.05, 4.69) is 0 Å². The summed E-state index contributed by atoms with van der Waals surface area (Å²) in [5, 5.41) is 0. The minimum atomic E-state index is -4.46. The summed E-state index contributed by atoms with van der Waals surface area (Å²) in [4.78, 5) is 24.9. The number of nitrogens with zero attached hydrogens (tertiary/aromatic N) is 1. The molecule has 1 aromatic carbocycles. The molecule has 0 fully saturated rings. The highest BCUT2D eigenvalue weighted by atomic mass is 19.4. The fourth-order valence-corrected chi connectivity index (χ4v) is 2.65. The molecule has 1 unspecified atom stereocenters. The molecule has 1 atom stereocenters. The summed E-state index contributed by atoms with van der Waals surface area (Å²) in [5.74, 6) is -0.905. The highest BCUT2D eigenvalue weighted by Crippen LogP contribution is 2.33. The lowest BCUT2D eigenvalue weighted by atomic mass is 9.98. The number of amides is 1. The molecule has 1 aromatic rings. The summed E-state index contributed by atoms with van der Waals surface area (Å²) in [6.07, 6.45) is -4.83. The van der Waals surface area contributed by atoms with Gasteiger partial charge in [0.1, 0.15) is 12.8 Å².